The van der Waals surface area contributed by atoms with Crippen molar-refractivity contribution in [2.75, 3.05) is 7.11 Å². The molecule has 1 aromatic carbocycles. The Kier molecular flexibility index (Phi) is 6.24. The molecule has 1 aliphatic heterocycles. The van der Waals surface area contributed by atoms with Gasteiger partial charge in [-0.2, -0.15) is 0 Å². The number of hydrogen-bond donors (Lipinski definition) is 2. The number of carbonyl (C=O) groups excluding carboxylic acids is 1. The molecule has 0 unspecified atom stereocenters. The third-order valence-electron chi connectivity index (χ3n) is 4.17. The molecule has 0 fully saturated rings. The SMILES string of the molecule is COc1c(C(=O)O)n(C2=COC=CN=C2)cc(C(=O)NCc2ccc(F)cc2F)c1=O. The van der Waals surface area contributed by atoms with Gasteiger partial charge in [0, 0.05) is 24.4 Å². The number of methoxy groups -OCH3 is 1. The number of pyridine rings is 1. The van der Waals surface area contributed by atoms with Crippen molar-refractivity contribution in [2.24, 2.45) is 4.99 Å². The lowest BCUT2D eigenvalue weighted by atomic mass is 10.1. The van der Waals surface area contributed by atoms with Crippen LogP contribution in [-0.4, -0.2) is 34.9 Å². The van der Waals surface area contributed by atoms with Crippen molar-refractivity contribution in [3.05, 3.63) is 81.8 Å². The van der Waals surface area contributed by atoms with E-state index in [4.69, 9.17) is 9.47 Å². The molecule has 2 N–H and O–H groups in total. The Morgan fingerprint density at radius 1 is 1.32 bits per heavy atom. The summed E-state index contributed by atoms with van der Waals surface area (Å²) in [4.78, 5) is 41.0. The molecule has 1 amide bonds. The lowest BCUT2D eigenvalue weighted by molar-refractivity contribution is 0.0682. The number of allylic oxidation sites excluding steroid dienone is 1. The van der Waals surface area contributed by atoms with Crippen LogP contribution in [-0.2, 0) is 11.3 Å². The molecule has 0 saturated carbocycles. The van der Waals surface area contributed by atoms with E-state index in [-0.39, 0.29) is 17.8 Å². The van der Waals surface area contributed by atoms with Gasteiger partial charge in [0.05, 0.1) is 25.2 Å². The Morgan fingerprint density at radius 3 is 2.77 bits per heavy atom. The van der Waals surface area contributed by atoms with Gasteiger partial charge in [-0.05, 0) is 6.07 Å². The number of nitrogens with one attached hydrogen (secondary N) is 1. The number of aromatic nitrogens is 1. The Hall–Kier alpha value is -4.28. The van der Waals surface area contributed by atoms with Gasteiger partial charge < -0.3 is 24.5 Å². The molecule has 2 aromatic rings. The van der Waals surface area contributed by atoms with E-state index in [0.29, 0.717) is 6.07 Å². The monoisotopic (exact) mass is 431 g/mol. The highest BCUT2D eigenvalue weighted by molar-refractivity contribution is 6.06. The first-order valence-corrected chi connectivity index (χ1v) is 8.66. The second kappa shape index (κ2) is 9.03. The number of hydrogen-bond acceptors (Lipinski definition) is 6. The first-order chi connectivity index (χ1) is 14.8. The first kappa shape index (κ1) is 21.4. The molecule has 9 nitrogen and oxygen atoms in total. The summed E-state index contributed by atoms with van der Waals surface area (Å²) in [5, 5.41) is 11.9. The average molecular weight is 431 g/mol. The van der Waals surface area contributed by atoms with Crippen molar-refractivity contribution in [1.29, 1.82) is 0 Å². The van der Waals surface area contributed by atoms with Crippen molar-refractivity contribution < 1.29 is 33.0 Å². The zero-order valence-electron chi connectivity index (χ0n) is 16.0. The normalized spacial score (nSPS) is 12.5. The molecule has 160 valence electrons. The third kappa shape index (κ3) is 4.50. The van der Waals surface area contributed by atoms with Crippen LogP contribution in [0.2, 0.25) is 0 Å². The van der Waals surface area contributed by atoms with E-state index in [1.54, 1.807) is 0 Å². The lowest BCUT2D eigenvalue weighted by Gasteiger charge is -2.16. The number of rotatable bonds is 6. The number of amides is 1. The predicted octanol–water partition coefficient (Wildman–Crippen LogP) is 2.13. The molecule has 0 bridgehead atoms. The number of aliphatic imine (C=N–C) groups is 1. The highest BCUT2D eigenvalue weighted by Crippen LogP contribution is 2.20. The average Bonchev–Trinajstić information content (AvgIpc) is 3.01. The zero-order chi connectivity index (χ0) is 22.5. The standard InChI is InChI=1S/C20H15F2N3O6/c1-30-18-16(20(28)29)25(13-8-23-4-5-31-10-13)9-14(17(18)26)19(27)24-7-11-2-3-12(21)6-15(11)22/h2-6,8-10H,7H2,1H3,(H,24,27)(H,28,29). The van der Waals surface area contributed by atoms with Gasteiger partial charge in [0.25, 0.3) is 5.91 Å². The van der Waals surface area contributed by atoms with Crippen LogP contribution in [0.3, 0.4) is 0 Å². The summed E-state index contributed by atoms with van der Waals surface area (Å²) >= 11 is 0. The predicted molar refractivity (Wildman–Crippen MR) is 105 cm³/mol. The fourth-order valence-corrected chi connectivity index (χ4v) is 2.73. The molecule has 0 spiro atoms. The summed E-state index contributed by atoms with van der Waals surface area (Å²) in [6, 6.07) is 2.83. The molecule has 2 heterocycles. The maximum atomic E-state index is 13.8. The van der Waals surface area contributed by atoms with Crippen molar-refractivity contribution in [1.82, 2.24) is 9.88 Å². The minimum absolute atomic E-state index is 0.0118. The number of halogens is 2. The van der Waals surface area contributed by atoms with E-state index in [9.17, 15) is 28.3 Å². The van der Waals surface area contributed by atoms with Crippen LogP contribution in [0, 0.1) is 11.6 Å². The molecule has 0 saturated heterocycles. The zero-order valence-corrected chi connectivity index (χ0v) is 16.0. The van der Waals surface area contributed by atoms with Crippen LogP contribution in [0.4, 0.5) is 8.78 Å². The summed E-state index contributed by atoms with van der Waals surface area (Å²) in [5.74, 6) is -4.68. The minimum atomic E-state index is -1.50. The van der Waals surface area contributed by atoms with Gasteiger partial charge in [0.15, 0.2) is 11.4 Å². The smallest absolute Gasteiger partial charge is 0.356 e. The fraction of sp³-hybridized carbons (Fsp3) is 0.100. The van der Waals surface area contributed by atoms with Gasteiger partial charge in [0.2, 0.25) is 5.43 Å². The maximum Gasteiger partial charge on any atom is 0.356 e. The quantitative estimate of drug-likeness (QED) is 0.723. The molecule has 1 aromatic heterocycles. The Morgan fingerprint density at radius 2 is 2.10 bits per heavy atom. The number of carbonyl (C=O) groups is 2. The number of carboxylic acid groups (broad SMARTS) is 1. The number of benzene rings is 1. The van der Waals surface area contributed by atoms with Gasteiger partial charge in [-0.1, -0.05) is 6.07 Å². The van der Waals surface area contributed by atoms with E-state index in [0.717, 1.165) is 36.3 Å². The van der Waals surface area contributed by atoms with Crippen LogP contribution in [0.5, 0.6) is 5.75 Å². The van der Waals surface area contributed by atoms with Gasteiger partial charge in [-0.3, -0.25) is 14.6 Å². The van der Waals surface area contributed by atoms with Crippen molar-refractivity contribution >= 4 is 23.8 Å². The minimum Gasteiger partial charge on any atom is -0.491 e. The number of nitrogens with zero attached hydrogens (tertiary/aromatic N) is 2. The van der Waals surface area contributed by atoms with E-state index >= 15 is 0 Å². The number of carboxylic acids is 1. The summed E-state index contributed by atoms with van der Waals surface area (Å²) in [6.07, 6.45) is 5.91. The van der Waals surface area contributed by atoms with E-state index in [1.165, 1.54) is 18.7 Å². The molecular weight excluding hydrogens is 416 g/mol. The van der Waals surface area contributed by atoms with Gasteiger partial charge in [0.1, 0.15) is 29.7 Å². The van der Waals surface area contributed by atoms with Crippen LogP contribution in [0.15, 0.2) is 52.9 Å². The Labute approximate surface area is 173 Å². The van der Waals surface area contributed by atoms with Crippen LogP contribution < -0.4 is 15.5 Å². The van der Waals surface area contributed by atoms with Gasteiger partial charge in [-0.15, -0.1) is 0 Å². The van der Waals surface area contributed by atoms with Crippen molar-refractivity contribution in [3.63, 3.8) is 0 Å². The summed E-state index contributed by atoms with van der Waals surface area (Å²) in [6.45, 7) is -0.343. The topological polar surface area (TPSA) is 119 Å². The molecule has 0 aliphatic carbocycles. The van der Waals surface area contributed by atoms with Crippen LogP contribution in [0.25, 0.3) is 5.70 Å². The first-order valence-electron chi connectivity index (χ1n) is 8.66. The van der Waals surface area contributed by atoms with E-state index in [1.807, 2.05) is 0 Å². The molecule has 0 atom stereocenters. The van der Waals surface area contributed by atoms with Gasteiger partial charge >= 0.3 is 5.97 Å². The van der Waals surface area contributed by atoms with E-state index < -0.39 is 45.9 Å². The van der Waals surface area contributed by atoms with Crippen LogP contribution >= 0.6 is 0 Å². The molecule has 3 rings (SSSR count). The molecule has 1 aliphatic rings. The fourth-order valence-electron chi connectivity index (χ4n) is 2.73. The summed E-state index contributed by atoms with van der Waals surface area (Å²) in [5.41, 5.74) is -1.95. The number of ether oxygens (including phenoxy) is 2. The second-order valence-electron chi connectivity index (χ2n) is 6.09. The second-order valence-corrected chi connectivity index (χ2v) is 6.09. The highest BCUT2D eigenvalue weighted by atomic mass is 19.1. The third-order valence-corrected chi connectivity index (χ3v) is 4.17. The molecular formula is C20H15F2N3O6. The Bertz CT molecular complexity index is 1200. The van der Waals surface area contributed by atoms with Crippen molar-refractivity contribution in [3.8, 4) is 5.75 Å². The number of aromatic carboxylic acids is 1. The van der Waals surface area contributed by atoms with E-state index in [2.05, 4.69) is 10.3 Å². The highest BCUT2D eigenvalue weighted by Gasteiger charge is 2.26. The Balaban J connectivity index is 2.04. The summed E-state index contributed by atoms with van der Waals surface area (Å²) < 4.78 is 37.9. The molecule has 11 heteroatoms. The molecule has 0 radical (unpaired) electrons. The summed E-state index contributed by atoms with van der Waals surface area (Å²) in [7, 11) is 1.08. The largest absolute Gasteiger partial charge is 0.491 e. The van der Waals surface area contributed by atoms with Crippen LogP contribution in [0.1, 0.15) is 26.4 Å². The molecule has 31 heavy (non-hydrogen) atoms. The lowest BCUT2D eigenvalue weighted by Crippen LogP contribution is -2.32. The van der Waals surface area contributed by atoms with Crippen molar-refractivity contribution in [2.45, 2.75) is 6.54 Å². The van der Waals surface area contributed by atoms with Gasteiger partial charge in [-0.25, -0.2) is 13.6 Å². The maximum absolute atomic E-state index is 13.8.